The van der Waals surface area contributed by atoms with Crippen molar-refractivity contribution in [2.75, 3.05) is 46.3 Å². The third-order valence-electron chi connectivity index (χ3n) is 5.37. The van der Waals surface area contributed by atoms with Crippen molar-refractivity contribution in [3.63, 3.8) is 0 Å². The van der Waals surface area contributed by atoms with E-state index in [0.717, 1.165) is 0 Å². The number of hydrogen-bond donors (Lipinski definition) is 1. The van der Waals surface area contributed by atoms with E-state index >= 15 is 0 Å². The number of piperidine rings is 1. The highest BCUT2D eigenvalue weighted by atomic mass is 32.2. The minimum atomic E-state index is -3.62. The molecule has 0 bridgehead atoms. The van der Waals surface area contributed by atoms with Crippen molar-refractivity contribution in [2.24, 2.45) is 11.7 Å². The summed E-state index contributed by atoms with van der Waals surface area (Å²) >= 11 is 0. The fourth-order valence-electron chi connectivity index (χ4n) is 3.52. The maximum atomic E-state index is 12.9. The monoisotopic (exact) mass is 394 g/mol. The zero-order valence-corrected chi connectivity index (χ0v) is 16.3. The molecule has 2 N–H and O–H groups in total. The Kier molecular flexibility index (Phi) is 5.83. The number of rotatable bonds is 4. The summed E-state index contributed by atoms with van der Waals surface area (Å²) in [5, 5.41) is 0. The molecule has 1 aromatic carbocycles. The van der Waals surface area contributed by atoms with Crippen LogP contribution in [-0.2, 0) is 14.8 Å². The van der Waals surface area contributed by atoms with E-state index < -0.39 is 10.0 Å². The highest BCUT2D eigenvalue weighted by molar-refractivity contribution is 7.89. The Bertz CT molecular complexity index is 810. The maximum absolute atomic E-state index is 12.9. The van der Waals surface area contributed by atoms with Crippen LogP contribution >= 0.6 is 0 Å². The van der Waals surface area contributed by atoms with Crippen molar-refractivity contribution in [1.82, 2.24) is 14.1 Å². The van der Waals surface area contributed by atoms with Crippen LogP contribution in [0.1, 0.15) is 23.2 Å². The predicted octanol–water partition coefficient (Wildman–Crippen LogP) is -0.0398. The van der Waals surface area contributed by atoms with Crippen molar-refractivity contribution < 1.29 is 18.0 Å². The molecule has 2 heterocycles. The van der Waals surface area contributed by atoms with Crippen molar-refractivity contribution in [3.05, 3.63) is 29.8 Å². The van der Waals surface area contributed by atoms with Crippen LogP contribution in [0.4, 0.5) is 0 Å². The first-order valence-corrected chi connectivity index (χ1v) is 10.6. The van der Waals surface area contributed by atoms with E-state index in [4.69, 9.17) is 5.73 Å². The Labute approximate surface area is 160 Å². The first kappa shape index (κ1) is 19.8. The lowest BCUT2D eigenvalue weighted by Gasteiger charge is -2.32. The van der Waals surface area contributed by atoms with Gasteiger partial charge in [0.1, 0.15) is 0 Å². The fraction of sp³-hybridized carbons (Fsp3) is 0.556. The van der Waals surface area contributed by atoms with E-state index in [0.29, 0.717) is 57.7 Å². The Morgan fingerprint density at radius 1 is 1.04 bits per heavy atom. The third-order valence-corrected chi connectivity index (χ3v) is 7.26. The molecule has 27 heavy (non-hydrogen) atoms. The van der Waals surface area contributed by atoms with Gasteiger partial charge in [0.05, 0.1) is 4.90 Å². The van der Waals surface area contributed by atoms with E-state index in [1.165, 1.54) is 16.4 Å². The SMILES string of the molecule is CN1CCN(S(=O)(=O)c2cccc(C(=O)N3CCC(C(N)=O)CC3)c2)CC1. The van der Waals surface area contributed by atoms with Crippen LogP contribution in [0.25, 0.3) is 0 Å². The molecule has 1 aromatic rings. The minimum Gasteiger partial charge on any atom is -0.369 e. The summed E-state index contributed by atoms with van der Waals surface area (Å²) < 4.78 is 27.3. The molecule has 2 fully saturated rings. The van der Waals surface area contributed by atoms with Gasteiger partial charge in [-0.2, -0.15) is 4.31 Å². The molecule has 0 aliphatic carbocycles. The average molecular weight is 394 g/mol. The fourth-order valence-corrected chi connectivity index (χ4v) is 4.99. The molecule has 0 spiro atoms. The number of benzene rings is 1. The number of nitrogens with zero attached hydrogens (tertiary/aromatic N) is 3. The van der Waals surface area contributed by atoms with Gasteiger partial charge in [0.2, 0.25) is 15.9 Å². The van der Waals surface area contributed by atoms with Crippen molar-refractivity contribution in [1.29, 1.82) is 0 Å². The van der Waals surface area contributed by atoms with Gasteiger partial charge < -0.3 is 15.5 Å². The van der Waals surface area contributed by atoms with Gasteiger partial charge in [0.15, 0.2) is 0 Å². The zero-order chi connectivity index (χ0) is 19.6. The molecular formula is C18H26N4O4S. The van der Waals surface area contributed by atoms with Crippen molar-refractivity contribution in [2.45, 2.75) is 17.7 Å². The lowest BCUT2D eigenvalue weighted by molar-refractivity contribution is -0.123. The Balaban J connectivity index is 1.73. The van der Waals surface area contributed by atoms with E-state index in [1.54, 1.807) is 17.0 Å². The van der Waals surface area contributed by atoms with Gasteiger partial charge in [-0.3, -0.25) is 9.59 Å². The second kappa shape index (κ2) is 7.95. The van der Waals surface area contributed by atoms with Crippen LogP contribution in [-0.4, -0.2) is 80.7 Å². The van der Waals surface area contributed by atoms with Gasteiger partial charge in [0.25, 0.3) is 5.91 Å². The highest BCUT2D eigenvalue weighted by Gasteiger charge is 2.30. The van der Waals surface area contributed by atoms with Gasteiger partial charge >= 0.3 is 0 Å². The van der Waals surface area contributed by atoms with Crippen molar-refractivity contribution in [3.8, 4) is 0 Å². The number of nitrogens with two attached hydrogens (primary N) is 1. The first-order chi connectivity index (χ1) is 12.8. The van der Waals surface area contributed by atoms with Gasteiger partial charge in [-0.25, -0.2) is 8.42 Å². The number of piperazine rings is 1. The van der Waals surface area contributed by atoms with Crippen LogP contribution < -0.4 is 5.73 Å². The number of amides is 2. The summed E-state index contributed by atoms with van der Waals surface area (Å²) in [6, 6.07) is 6.22. The summed E-state index contributed by atoms with van der Waals surface area (Å²) in [7, 11) is -1.65. The Morgan fingerprint density at radius 2 is 1.67 bits per heavy atom. The molecule has 148 valence electrons. The van der Waals surface area contributed by atoms with E-state index in [2.05, 4.69) is 4.90 Å². The topological polar surface area (TPSA) is 104 Å². The molecule has 2 aliphatic heterocycles. The molecule has 0 radical (unpaired) electrons. The van der Waals surface area contributed by atoms with Gasteiger partial charge in [0, 0.05) is 50.7 Å². The minimum absolute atomic E-state index is 0.143. The number of sulfonamides is 1. The van der Waals surface area contributed by atoms with Crippen LogP contribution in [0.15, 0.2) is 29.2 Å². The number of carbonyl (C=O) groups excluding carboxylic acids is 2. The molecule has 2 saturated heterocycles. The molecule has 0 aromatic heterocycles. The third kappa shape index (κ3) is 4.31. The standard InChI is InChI=1S/C18H26N4O4S/c1-20-9-11-22(12-10-20)27(25,26)16-4-2-3-15(13-16)18(24)21-7-5-14(6-8-21)17(19)23/h2-4,13-14H,5-12H2,1H3,(H2,19,23). The molecule has 8 nitrogen and oxygen atoms in total. The van der Waals surface area contributed by atoms with Crippen molar-refractivity contribution >= 4 is 21.8 Å². The van der Waals surface area contributed by atoms with Crippen LogP contribution in [0.3, 0.4) is 0 Å². The van der Waals surface area contributed by atoms with E-state index in [1.807, 2.05) is 7.05 Å². The first-order valence-electron chi connectivity index (χ1n) is 9.16. The second-order valence-corrected chi connectivity index (χ2v) is 9.14. The molecule has 2 aliphatic rings. The van der Waals surface area contributed by atoms with E-state index in [9.17, 15) is 18.0 Å². The number of hydrogen-bond acceptors (Lipinski definition) is 5. The smallest absolute Gasteiger partial charge is 0.253 e. The summed E-state index contributed by atoms with van der Waals surface area (Å²) in [5.74, 6) is -0.742. The Hall–Kier alpha value is -1.97. The molecule has 3 rings (SSSR count). The molecule has 0 unspecified atom stereocenters. The lowest BCUT2D eigenvalue weighted by atomic mass is 9.96. The predicted molar refractivity (Wildman–Crippen MR) is 101 cm³/mol. The highest BCUT2D eigenvalue weighted by Crippen LogP contribution is 2.22. The summed E-state index contributed by atoms with van der Waals surface area (Å²) in [6.45, 7) is 3.15. The molecular weight excluding hydrogens is 368 g/mol. The van der Waals surface area contributed by atoms with Gasteiger partial charge in [-0.15, -0.1) is 0 Å². The van der Waals surface area contributed by atoms with Crippen LogP contribution in [0.5, 0.6) is 0 Å². The summed E-state index contributed by atoms with van der Waals surface area (Å²) in [5.41, 5.74) is 5.68. The van der Waals surface area contributed by atoms with Gasteiger partial charge in [-0.05, 0) is 38.1 Å². The number of carbonyl (C=O) groups is 2. The Morgan fingerprint density at radius 3 is 2.26 bits per heavy atom. The normalized spacial score (nSPS) is 20.6. The zero-order valence-electron chi connectivity index (χ0n) is 15.5. The average Bonchev–Trinajstić information content (AvgIpc) is 2.68. The summed E-state index contributed by atoms with van der Waals surface area (Å²) in [6.07, 6.45) is 1.08. The van der Waals surface area contributed by atoms with Crippen LogP contribution in [0.2, 0.25) is 0 Å². The molecule has 9 heteroatoms. The number of likely N-dealkylation sites (N-methyl/N-ethyl adjacent to an activating group) is 1. The van der Waals surface area contributed by atoms with E-state index in [-0.39, 0.29) is 22.6 Å². The molecule has 0 atom stereocenters. The number of likely N-dealkylation sites (tertiary alicyclic amines) is 1. The lowest BCUT2D eigenvalue weighted by Crippen LogP contribution is -2.47. The molecule has 2 amide bonds. The largest absolute Gasteiger partial charge is 0.369 e. The van der Waals surface area contributed by atoms with Crippen LogP contribution in [0, 0.1) is 5.92 Å². The number of primary amides is 1. The van der Waals surface area contributed by atoms with Gasteiger partial charge in [-0.1, -0.05) is 6.07 Å². The maximum Gasteiger partial charge on any atom is 0.253 e. The second-order valence-electron chi connectivity index (χ2n) is 7.20. The summed E-state index contributed by atoms with van der Waals surface area (Å²) in [4.78, 5) is 27.9. The molecule has 0 saturated carbocycles. The quantitative estimate of drug-likeness (QED) is 0.772.